The first-order chi connectivity index (χ1) is 14.5. The van der Waals surface area contributed by atoms with E-state index < -0.39 is 0 Å². The van der Waals surface area contributed by atoms with Gasteiger partial charge in [0, 0.05) is 60.9 Å². The average Bonchev–Trinajstić information content (AvgIpc) is 3.19. The third kappa shape index (κ3) is 4.73. The second-order valence-corrected chi connectivity index (χ2v) is 8.70. The highest BCUT2D eigenvalue weighted by atomic mass is 35.5. The van der Waals surface area contributed by atoms with Gasteiger partial charge in [-0.05, 0) is 49.9 Å². The predicted octanol–water partition coefficient (Wildman–Crippen LogP) is 3.38. The van der Waals surface area contributed by atoms with Crippen LogP contribution in [0.2, 0.25) is 5.02 Å². The van der Waals surface area contributed by atoms with Crippen molar-refractivity contribution in [1.29, 1.82) is 0 Å². The molecule has 7 nitrogen and oxygen atoms in total. The third-order valence-corrected chi connectivity index (χ3v) is 6.45. The summed E-state index contributed by atoms with van der Waals surface area (Å²) in [7, 11) is 1.81. The Labute approximate surface area is 181 Å². The molecular formula is C22H29ClN4O3. The van der Waals surface area contributed by atoms with Crippen molar-refractivity contribution in [2.45, 2.75) is 38.3 Å². The van der Waals surface area contributed by atoms with Gasteiger partial charge in [0.1, 0.15) is 0 Å². The fourth-order valence-electron chi connectivity index (χ4n) is 4.39. The van der Waals surface area contributed by atoms with Crippen LogP contribution in [-0.4, -0.2) is 66.1 Å². The molecule has 0 radical (unpaired) electrons. The summed E-state index contributed by atoms with van der Waals surface area (Å²) in [6, 6.07) is 7.57. The van der Waals surface area contributed by atoms with Crippen molar-refractivity contribution in [3.05, 3.63) is 35.0 Å². The van der Waals surface area contributed by atoms with E-state index in [2.05, 4.69) is 10.3 Å². The van der Waals surface area contributed by atoms with Crippen LogP contribution in [0.5, 0.6) is 0 Å². The second kappa shape index (κ2) is 9.27. The molecule has 8 heteroatoms. The number of hydrogen-bond donors (Lipinski definition) is 2. The molecule has 1 aromatic carbocycles. The second-order valence-electron chi connectivity index (χ2n) is 8.26. The number of likely N-dealkylation sites (tertiary alicyclic amines) is 1. The number of hydrogen-bond acceptors (Lipinski definition) is 3. The molecular weight excluding hydrogens is 404 g/mol. The highest BCUT2D eigenvalue weighted by molar-refractivity contribution is 6.31. The number of carbonyl (C=O) groups is 2. The number of carbonyl (C=O) groups excluding carboxylic acids is 2. The maximum Gasteiger partial charge on any atom is 0.317 e. The summed E-state index contributed by atoms with van der Waals surface area (Å²) in [5.41, 5.74) is 1.92. The van der Waals surface area contributed by atoms with Crippen LogP contribution in [0, 0.1) is 5.92 Å². The summed E-state index contributed by atoms with van der Waals surface area (Å²) in [4.78, 5) is 32.6. The van der Waals surface area contributed by atoms with Crippen molar-refractivity contribution < 1.29 is 14.3 Å². The number of H-pyrrole nitrogens is 1. The first kappa shape index (κ1) is 21.0. The summed E-state index contributed by atoms with van der Waals surface area (Å²) in [5.74, 6) is 0.278. The van der Waals surface area contributed by atoms with Gasteiger partial charge >= 0.3 is 6.03 Å². The zero-order valence-corrected chi connectivity index (χ0v) is 18.1. The SMILES string of the molecule is CN(C(=O)NCc1cc2cc(Cl)ccc2[nH]1)C1CCCN(C(=O)C2CCOCC2)C1. The Kier molecular flexibility index (Phi) is 6.49. The zero-order valence-electron chi connectivity index (χ0n) is 17.3. The summed E-state index contributed by atoms with van der Waals surface area (Å²) >= 11 is 6.04. The molecule has 4 rings (SSSR count). The Bertz CT molecular complexity index is 909. The predicted molar refractivity (Wildman–Crippen MR) is 116 cm³/mol. The lowest BCUT2D eigenvalue weighted by Gasteiger charge is -2.39. The number of urea groups is 1. The Morgan fingerprint density at radius 1 is 1.27 bits per heavy atom. The van der Waals surface area contributed by atoms with Crippen molar-refractivity contribution >= 4 is 34.4 Å². The number of amides is 3. The largest absolute Gasteiger partial charge is 0.381 e. The number of ether oxygens (including phenoxy) is 1. The lowest BCUT2D eigenvalue weighted by atomic mass is 9.96. The average molecular weight is 433 g/mol. The van der Waals surface area contributed by atoms with E-state index in [4.69, 9.17) is 16.3 Å². The topological polar surface area (TPSA) is 77.7 Å². The maximum absolute atomic E-state index is 12.8. The van der Waals surface area contributed by atoms with Crippen LogP contribution in [0.3, 0.4) is 0 Å². The molecule has 162 valence electrons. The summed E-state index contributed by atoms with van der Waals surface area (Å²) in [6.45, 7) is 3.11. The Morgan fingerprint density at radius 3 is 2.87 bits per heavy atom. The minimum atomic E-state index is -0.128. The number of fused-ring (bicyclic) bond motifs is 1. The van der Waals surface area contributed by atoms with Crippen LogP contribution in [-0.2, 0) is 16.1 Å². The lowest BCUT2D eigenvalue weighted by molar-refractivity contribution is -0.140. The van der Waals surface area contributed by atoms with E-state index in [1.54, 1.807) is 4.90 Å². The van der Waals surface area contributed by atoms with Crippen molar-refractivity contribution in [3.63, 3.8) is 0 Å². The first-order valence-corrected chi connectivity index (χ1v) is 11.0. The number of likely N-dealkylation sites (N-methyl/N-ethyl adjacent to an activating group) is 1. The molecule has 2 aliphatic heterocycles. The molecule has 2 aromatic rings. The molecule has 3 amide bonds. The third-order valence-electron chi connectivity index (χ3n) is 6.22. The van der Waals surface area contributed by atoms with E-state index in [1.165, 1.54) is 0 Å². The van der Waals surface area contributed by atoms with E-state index in [-0.39, 0.29) is 23.9 Å². The van der Waals surface area contributed by atoms with Gasteiger partial charge in [-0.1, -0.05) is 11.6 Å². The van der Waals surface area contributed by atoms with Crippen LogP contribution in [0.15, 0.2) is 24.3 Å². The van der Waals surface area contributed by atoms with Gasteiger partial charge in [-0.2, -0.15) is 0 Å². The quantitative estimate of drug-likeness (QED) is 0.777. The van der Waals surface area contributed by atoms with Crippen LogP contribution in [0.1, 0.15) is 31.4 Å². The molecule has 2 saturated heterocycles. The van der Waals surface area contributed by atoms with Gasteiger partial charge in [-0.25, -0.2) is 4.79 Å². The van der Waals surface area contributed by atoms with Crippen LogP contribution in [0.25, 0.3) is 10.9 Å². The molecule has 0 spiro atoms. The van der Waals surface area contributed by atoms with E-state index in [0.29, 0.717) is 31.3 Å². The van der Waals surface area contributed by atoms with E-state index in [1.807, 2.05) is 36.2 Å². The molecule has 2 fully saturated rings. The lowest BCUT2D eigenvalue weighted by Crippen LogP contribution is -2.53. The molecule has 30 heavy (non-hydrogen) atoms. The van der Waals surface area contributed by atoms with Gasteiger partial charge in [0.05, 0.1) is 12.6 Å². The number of halogens is 1. The van der Waals surface area contributed by atoms with Gasteiger partial charge < -0.3 is 24.8 Å². The zero-order chi connectivity index (χ0) is 21.1. The van der Waals surface area contributed by atoms with Gasteiger partial charge in [0.25, 0.3) is 0 Å². The van der Waals surface area contributed by atoms with E-state index >= 15 is 0 Å². The van der Waals surface area contributed by atoms with Crippen molar-refractivity contribution in [2.75, 3.05) is 33.4 Å². The van der Waals surface area contributed by atoms with Gasteiger partial charge in [0.2, 0.25) is 5.91 Å². The molecule has 0 aliphatic carbocycles. The number of nitrogens with one attached hydrogen (secondary N) is 2. The number of rotatable bonds is 4. The monoisotopic (exact) mass is 432 g/mol. The Morgan fingerprint density at radius 2 is 2.07 bits per heavy atom. The summed E-state index contributed by atoms with van der Waals surface area (Å²) < 4.78 is 5.38. The minimum absolute atomic E-state index is 0.0315. The van der Waals surface area contributed by atoms with Crippen LogP contribution in [0.4, 0.5) is 4.79 Å². The molecule has 1 atom stereocenters. The molecule has 0 bridgehead atoms. The van der Waals surface area contributed by atoms with Crippen molar-refractivity contribution in [3.8, 4) is 0 Å². The molecule has 3 heterocycles. The van der Waals surface area contributed by atoms with Gasteiger partial charge in [-0.3, -0.25) is 4.79 Å². The smallest absolute Gasteiger partial charge is 0.317 e. The molecule has 2 aliphatic rings. The number of piperidine rings is 1. The van der Waals surface area contributed by atoms with Crippen LogP contribution < -0.4 is 5.32 Å². The fourth-order valence-corrected chi connectivity index (χ4v) is 4.57. The van der Waals surface area contributed by atoms with E-state index in [9.17, 15) is 9.59 Å². The molecule has 1 unspecified atom stereocenters. The number of aromatic nitrogens is 1. The fraction of sp³-hybridized carbons (Fsp3) is 0.545. The van der Waals surface area contributed by atoms with Crippen LogP contribution >= 0.6 is 11.6 Å². The molecule has 1 aromatic heterocycles. The van der Waals surface area contributed by atoms with Gasteiger partial charge in [0.15, 0.2) is 0 Å². The number of aromatic amines is 1. The summed E-state index contributed by atoms with van der Waals surface area (Å²) in [5, 5.41) is 4.69. The van der Waals surface area contributed by atoms with Crippen molar-refractivity contribution in [1.82, 2.24) is 20.1 Å². The highest BCUT2D eigenvalue weighted by Gasteiger charge is 2.32. The maximum atomic E-state index is 12.8. The summed E-state index contributed by atoms with van der Waals surface area (Å²) in [6.07, 6.45) is 3.42. The minimum Gasteiger partial charge on any atom is -0.381 e. The van der Waals surface area contributed by atoms with E-state index in [0.717, 1.165) is 48.8 Å². The number of nitrogens with zero attached hydrogens (tertiary/aromatic N) is 2. The normalized spacial score (nSPS) is 20.3. The Hall–Kier alpha value is -2.25. The molecule has 2 N–H and O–H groups in total. The van der Waals surface area contributed by atoms with Crippen molar-refractivity contribution in [2.24, 2.45) is 5.92 Å². The standard InChI is InChI=1S/C22H29ClN4O3/c1-26(19-3-2-8-27(14-19)21(28)15-6-9-30-10-7-15)22(29)24-13-18-12-16-11-17(23)4-5-20(16)25-18/h4-5,11-12,15,19,25H,2-3,6-10,13-14H2,1H3,(H,24,29). The Balaban J connectivity index is 1.31. The van der Waals surface area contributed by atoms with Gasteiger partial charge in [-0.15, -0.1) is 0 Å². The molecule has 0 saturated carbocycles. The highest BCUT2D eigenvalue weighted by Crippen LogP contribution is 2.23. The number of benzene rings is 1. The first-order valence-electron chi connectivity index (χ1n) is 10.7.